The Morgan fingerprint density at radius 3 is 1.59 bits per heavy atom. The average Bonchev–Trinajstić information content (AvgIpc) is 2.67. The van der Waals surface area contributed by atoms with E-state index in [1.54, 1.807) is 9.80 Å². The van der Waals surface area contributed by atoms with Gasteiger partial charge in [-0.2, -0.15) is 0 Å². The van der Waals surface area contributed by atoms with E-state index in [4.69, 9.17) is 15.9 Å². The highest BCUT2D eigenvalue weighted by Gasteiger charge is 2.20. The molecule has 0 unspecified atom stereocenters. The van der Waals surface area contributed by atoms with Crippen LogP contribution in [0.1, 0.15) is 19.3 Å². The van der Waals surface area contributed by atoms with Gasteiger partial charge in [0, 0.05) is 45.8 Å². The zero-order valence-electron chi connectivity index (χ0n) is 15.9. The summed E-state index contributed by atoms with van der Waals surface area (Å²) >= 11 is 0. The van der Waals surface area contributed by atoms with Crippen LogP contribution in [0.15, 0.2) is 0 Å². The Balaban J connectivity index is 2.54. The molecule has 1 rings (SSSR count). The van der Waals surface area contributed by atoms with Gasteiger partial charge in [0.05, 0.1) is 19.6 Å². The van der Waals surface area contributed by atoms with Gasteiger partial charge in [-0.3, -0.25) is 29.1 Å². The van der Waals surface area contributed by atoms with E-state index in [9.17, 15) is 14.4 Å². The Bertz CT molecular complexity index is 449. The van der Waals surface area contributed by atoms with Crippen LogP contribution in [0.3, 0.4) is 0 Å². The molecule has 10 nitrogen and oxygen atoms in total. The van der Waals surface area contributed by atoms with Crippen molar-refractivity contribution < 1.29 is 24.6 Å². The number of nitrogens with zero attached hydrogens (tertiary/aromatic N) is 3. The lowest BCUT2D eigenvalue weighted by atomic mass is 10.2. The zero-order valence-corrected chi connectivity index (χ0v) is 15.9. The van der Waals surface area contributed by atoms with Gasteiger partial charge in [-0.25, -0.2) is 0 Å². The first kappa shape index (κ1) is 23.3. The second-order valence-corrected chi connectivity index (χ2v) is 6.82. The standard InChI is InChI=1S/C17H33N5O5/c18-4-2-1-3-5-19-15(23)12-20-6-8-21(13-16(24)25)10-11-22(9-7-20)14-17(26)27/h1-14,18H2,(H,19,23)(H,24,25)(H,26,27). The molecule has 0 bridgehead atoms. The van der Waals surface area contributed by atoms with Crippen molar-refractivity contribution in [2.45, 2.75) is 19.3 Å². The average molecular weight is 387 g/mol. The largest absolute Gasteiger partial charge is 0.480 e. The molecule has 27 heavy (non-hydrogen) atoms. The molecule has 1 aliphatic heterocycles. The first-order valence-electron chi connectivity index (χ1n) is 9.48. The van der Waals surface area contributed by atoms with Crippen molar-refractivity contribution in [3.05, 3.63) is 0 Å². The summed E-state index contributed by atoms with van der Waals surface area (Å²) in [5.41, 5.74) is 5.44. The molecule has 0 radical (unpaired) electrons. The molecule has 1 aliphatic rings. The Labute approximate surface area is 160 Å². The second kappa shape index (κ2) is 13.4. The van der Waals surface area contributed by atoms with Gasteiger partial charge in [0.2, 0.25) is 5.91 Å². The Morgan fingerprint density at radius 1 is 0.741 bits per heavy atom. The van der Waals surface area contributed by atoms with Crippen molar-refractivity contribution in [1.82, 2.24) is 20.0 Å². The fourth-order valence-corrected chi connectivity index (χ4v) is 2.97. The van der Waals surface area contributed by atoms with E-state index in [0.29, 0.717) is 52.4 Å². The van der Waals surface area contributed by atoms with Gasteiger partial charge < -0.3 is 21.3 Å². The van der Waals surface area contributed by atoms with Crippen LogP contribution in [0, 0.1) is 0 Å². The van der Waals surface area contributed by atoms with Crippen LogP contribution in [0.25, 0.3) is 0 Å². The smallest absolute Gasteiger partial charge is 0.317 e. The van der Waals surface area contributed by atoms with Gasteiger partial charge in [0.25, 0.3) is 0 Å². The number of nitrogens with two attached hydrogens (primary N) is 1. The SMILES string of the molecule is NCCCCCNC(=O)CN1CCN(CC(=O)O)CCN(CC(=O)O)CC1. The van der Waals surface area contributed by atoms with Crippen molar-refractivity contribution in [2.24, 2.45) is 5.73 Å². The van der Waals surface area contributed by atoms with E-state index in [2.05, 4.69) is 5.32 Å². The van der Waals surface area contributed by atoms with Gasteiger partial charge >= 0.3 is 11.9 Å². The van der Waals surface area contributed by atoms with Gasteiger partial charge in [0.15, 0.2) is 0 Å². The van der Waals surface area contributed by atoms with Crippen LogP contribution < -0.4 is 11.1 Å². The van der Waals surface area contributed by atoms with Crippen molar-refractivity contribution in [1.29, 1.82) is 0 Å². The molecule has 5 N–H and O–H groups in total. The minimum atomic E-state index is -0.916. The molecule has 0 saturated carbocycles. The fraction of sp³-hybridized carbons (Fsp3) is 0.824. The summed E-state index contributed by atoms with van der Waals surface area (Å²) in [6, 6.07) is 0. The summed E-state index contributed by atoms with van der Waals surface area (Å²) in [6.07, 6.45) is 2.82. The lowest BCUT2D eigenvalue weighted by Gasteiger charge is -2.24. The molecule has 1 fully saturated rings. The highest BCUT2D eigenvalue weighted by Crippen LogP contribution is 2.01. The number of aliphatic carboxylic acids is 2. The maximum atomic E-state index is 12.2. The monoisotopic (exact) mass is 387 g/mol. The molecule has 156 valence electrons. The second-order valence-electron chi connectivity index (χ2n) is 6.82. The number of hydrogen-bond donors (Lipinski definition) is 4. The molecule has 0 spiro atoms. The van der Waals surface area contributed by atoms with E-state index in [1.807, 2.05) is 4.90 Å². The predicted molar refractivity (Wildman–Crippen MR) is 101 cm³/mol. The topological polar surface area (TPSA) is 139 Å². The van der Waals surface area contributed by atoms with Crippen LogP contribution in [0.2, 0.25) is 0 Å². The summed E-state index contributed by atoms with van der Waals surface area (Å²) < 4.78 is 0. The van der Waals surface area contributed by atoms with Gasteiger partial charge in [-0.15, -0.1) is 0 Å². The number of unbranched alkanes of at least 4 members (excludes halogenated alkanes) is 2. The lowest BCUT2D eigenvalue weighted by molar-refractivity contribution is -0.140. The third-order valence-corrected chi connectivity index (χ3v) is 4.49. The Kier molecular flexibility index (Phi) is 11.6. The van der Waals surface area contributed by atoms with Crippen LogP contribution in [-0.4, -0.2) is 115 Å². The molecule has 0 aromatic carbocycles. The summed E-state index contributed by atoms with van der Waals surface area (Å²) in [5.74, 6) is -1.90. The Hall–Kier alpha value is -1.75. The number of hydrogen-bond acceptors (Lipinski definition) is 7. The van der Waals surface area contributed by atoms with E-state index < -0.39 is 11.9 Å². The number of rotatable bonds is 11. The third kappa shape index (κ3) is 11.5. The van der Waals surface area contributed by atoms with Crippen molar-refractivity contribution >= 4 is 17.8 Å². The molecule has 0 aliphatic carbocycles. The van der Waals surface area contributed by atoms with Crippen LogP contribution in [-0.2, 0) is 14.4 Å². The minimum Gasteiger partial charge on any atom is -0.480 e. The molecule has 0 atom stereocenters. The van der Waals surface area contributed by atoms with E-state index in [1.165, 1.54) is 0 Å². The van der Waals surface area contributed by atoms with Crippen molar-refractivity contribution in [3.8, 4) is 0 Å². The van der Waals surface area contributed by atoms with E-state index in [-0.39, 0.29) is 25.5 Å². The van der Waals surface area contributed by atoms with Crippen LogP contribution >= 0.6 is 0 Å². The molecule has 10 heteroatoms. The molecule has 0 aromatic heterocycles. The van der Waals surface area contributed by atoms with Gasteiger partial charge in [0.1, 0.15) is 0 Å². The third-order valence-electron chi connectivity index (χ3n) is 4.49. The molecular formula is C17H33N5O5. The molecule has 1 amide bonds. The Morgan fingerprint density at radius 2 is 1.19 bits per heavy atom. The van der Waals surface area contributed by atoms with E-state index in [0.717, 1.165) is 19.3 Å². The number of carboxylic acid groups (broad SMARTS) is 2. The van der Waals surface area contributed by atoms with Crippen LogP contribution in [0.5, 0.6) is 0 Å². The summed E-state index contributed by atoms with van der Waals surface area (Å²) in [7, 11) is 0. The molecule has 1 heterocycles. The number of carbonyl (C=O) groups is 3. The van der Waals surface area contributed by atoms with Crippen molar-refractivity contribution in [2.75, 3.05) is 72.0 Å². The molecule has 0 aromatic rings. The fourth-order valence-electron chi connectivity index (χ4n) is 2.97. The lowest BCUT2D eigenvalue weighted by Crippen LogP contribution is -2.43. The first-order chi connectivity index (χ1) is 12.9. The summed E-state index contributed by atoms with van der Waals surface area (Å²) in [4.78, 5) is 39.7. The highest BCUT2D eigenvalue weighted by atomic mass is 16.4. The molecule has 1 saturated heterocycles. The van der Waals surface area contributed by atoms with Gasteiger partial charge in [-0.05, 0) is 19.4 Å². The van der Waals surface area contributed by atoms with Gasteiger partial charge in [-0.1, -0.05) is 6.42 Å². The zero-order chi connectivity index (χ0) is 20.1. The number of nitrogens with one attached hydrogen (secondary N) is 1. The normalized spacial score (nSPS) is 17.7. The predicted octanol–water partition coefficient (Wildman–Crippen LogP) is -1.68. The minimum absolute atomic E-state index is 0.0726. The summed E-state index contributed by atoms with van der Waals surface area (Å²) in [5, 5.41) is 21.0. The maximum absolute atomic E-state index is 12.2. The summed E-state index contributed by atoms with van der Waals surface area (Å²) in [6.45, 7) is 4.45. The maximum Gasteiger partial charge on any atom is 0.317 e. The number of carboxylic acids is 2. The van der Waals surface area contributed by atoms with Crippen LogP contribution in [0.4, 0.5) is 0 Å². The number of carbonyl (C=O) groups excluding carboxylic acids is 1. The number of amides is 1. The first-order valence-corrected chi connectivity index (χ1v) is 9.48. The van der Waals surface area contributed by atoms with Crippen molar-refractivity contribution in [3.63, 3.8) is 0 Å². The quantitative estimate of drug-likeness (QED) is 0.306. The van der Waals surface area contributed by atoms with E-state index >= 15 is 0 Å². The molecular weight excluding hydrogens is 354 g/mol. The highest BCUT2D eigenvalue weighted by molar-refractivity contribution is 5.78.